The van der Waals surface area contributed by atoms with Gasteiger partial charge in [0.05, 0.1) is 46.2 Å². The first-order chi connectivity index (χ1) is 26.8. The van der Waals surface area contributed by atoms with Crippen molar-refractivity contribution in [1.82, 2.24) is 20.4 Å². The van der Waals surface area contributed by atoms with Gasteiger partial charge in [-0.05, 0) is 19.8 Å². The molecule has 0 aromatic rings. The van der Waals surface area contributed by atoms with E-state index in [1.807, 2.05) is 18.7 Å². The summed E-state index contributed by atoms with van der Waals surface area (Å²) in [4.78, 5) is 62.0. The number of carboxylic acid groups (broad SMARTS) is 1. The second kappa shape index (κ2) is 39.6. The molecule has 0 unspecified atom stereocenters. The van der Waals surface area contributed by atoms with Crippen LogP contribution in [0.3, 0.4) is 0 Å². The minimum Gasteiger partial charge on any atom is -0.481 e. The normalized spacial score (nSPS) is 12.9. The number of Topliss-reactive ketones (excluding diaryl/α,β-unsaturated/α-hetero) is 1. The molecule has 1 fully saturated rings. The topological polar surface area (TPSA) is 173 Å². The minimum atomic E-state index is -0.683. The Morgan fingerprint density at radius 3 is 1.36 bits per heavy atom. The van der Waals surface area contributed by atoms with E-state index in [1.54, 1.807) is 0 Å². The fourth-order valence-electron chi connectivity index (χ4n) is 6.00. The Balaban J connectivity index is 0.0000143. The van der Waals surface area contributed by atoms with E-state index in [2.05, 4.69) is 15.5 Å². The maximum atomic E-state index is 12.7. The maximum absolute atomic E-state index is 12.7. The molecular weight excluding hydrogens is 708 g/mol. The Morgan fingerprint density at radius 2 is 0.909 bits per heavy atom. The number of ether oxygens (including phenoxy) is 4. The van der Waals surface area contributed by atoms with Gasteiger partial charge in [-0.15, -0.1) is 0 Å². The van der Waals surface area contributed by atoms with Gasteiger partial charge in [0.15, 0.2) is 5.78 Å². The molecule has 1 saturated heterocycles. The van der Waals surface area contributed by atoms with Crippen molar-refractivity contribution in [2.75, 3.05) is 98.7 Å². The summed E-state index contributed by atoms with van der Waals surface area (Å²) in [5.74, 6) is -0.808. The molecule has 0 aliphatic carbocycles. The highest BCUT2D eigenvalue weighted by Crippen LogP contribution is 2.15. The molecular formula is C41H78N4O10. The number of nitrogens with one attached hydrogen (secondary N) is 2. The molecule has 0 radical (unpaired) electrons. The van der Waals surface area contributed by atoms with Crippen LogP contribution in [0.4, 0.5) is 0 Å². The van der Waals surface area contributed by atoms with Crippen molar-refractivity contribution in [3.8, 4) is 0 Å². The van der Waals surface area contributed by atoms with Crippen LogP contribution < -0.4 is 10.6 Å². The van der Waals surface area contributed by atoms with Gasteiger partial charge in [-0.1, -0.05) is 104 Å². The van der Waals surface area contributed by atoms with E-state index in [-0.39, 0.29) is 43.3 Å². The maximum Gasteiger partial charge on any atom is 0.303 e. The number of hydrogen-bond donors (Lipinski definition) is 3. The van der Waals surface area contributed by atoms with Crippen LogP contribution in [-0.4, -0.2) is 143 Å². The number of unbranched alkanes of at least 4 members (excludes halogenated alkanes) is 15. The number of carbonyl (C=O) groups is 5. The smallest absolute Gasteiger partial charge is 0.303 e. The Kier molecular flexibility index (Phi) is 37.7. The Morgan fingerprint density at radius 1 is 0.509 bits per heavy atom. The number of nitrogens with zero attached hydrogens (tertiary/aromatic N) is 2. The summed E-state index contributed by atoms with van der Waals surface area (Å²) in [7, 11) is 0. The number of ketones is 1. The molecule has 322 valence electrons. The van der Waals surface area contributed by atoms with Gasteiger partial charge in [0.1, 0.15) is 13.2 Å². The highest BCUT2D eigenvalue weighted by Gasteiger charge is 2.22. The molecule has 1 aliphatic rings. The van der Waals surface area contributed by atoms with Crippen LogP contribution in [0.1, 0.15) is 136 Å². The Labute approximate surface area is 332 Å². The number of hydrogen-bond acceptors (Lipinski definition) is 10. The molecule has 0 atom stereocenters. The van der Waals surface area contributed by atoms with Gasteiger partial charge < -0.3 is 39.6 Å². The third kappa shape index (κ3) is 36.7. The zero-order chi connectivity index (χ0) is 40.6. The number of aliphatic carboxylic acids is 1. The third-order valence-electron chi connectivity index (χ3n) is 9.04. The molecule has 14 nitrogen and oxygen atoms in total. The van der Waals surface area contributed by atoms with Crippen LogP contribution >= 0.6 is 0 Å². The standard InChI is InChI=1S/C39H72N4O10.C2H6/c1-35(44)33-52-30-28-51-27-21-41-37(46)34-53-31-29-50-26-20-40-36(45)32-42-22-24-43(25-23-42)38(47)18-16-14-12-10-8-6-4-2-3-5-7-9-11-13-15-17-19-39(48)49;1-2/h2-34H2,1H3,(H,40,45)(H,41,46)(H,48,49);1-2H3. The molecule has 0 aromatic heterocycles. The highest BCUT2D eigenvalue weighted by atomic mass is 16.5. The lowest BCUT2D eigenvalue weighted by atomic mass is 10.0. The van der Waals surface area contributed by atoms with Gasteiger partial charge in [-0.2, -0.15) is 0 Å². The molecule has 3 amide bonds. The fraction of sp³-hybridized carbons (Fsp3) is 0.878. The van der Waals surface area contributed by atoms with Crippen molar-refractivity contribution in [2.24, 2.45) is 0 Å². The van der Waals surface area contributed by atoms with Crippen molar-refractivity contribution in [3.05, 3.63) is 0 Å². The molecule has 0 spiro atoms. The second-order valence-electron chi connectivity index (χ2n) is 13.9. The minimum absolute atomic E-state index is 0.0361. The lowest BCUT2D eigenvalue weighted by Crippen LogP contribution is -2.51. The van der Waals surface area contributed by atoms with Gasteiger partial charge in [0, 0.05) is 52.1 Å². The highest BCUT2D eigenvalue weighted by molar-refractivity contribution is 5.78. The first-order valence-electron chi connectivity index (χ1n) is 21.3. The van der Waals surface area contributed by atoms with Gasteiger partial charge in [-0.25, -0.2) is 0 Å². The lowest BCUT2D eigenvalue weighted by Gasteiger charge is -2.34. The summed E-state index contributed by atoms with van der Waals surface area (Å²) in [6.07, 6.45) is 20.1. The van der Waals surface area contributed by atoms with Crippen LogP contribution in [0.5, 0.6) is 0 Å². The monoisotopic (exact) mass is 787 g/mol. The second-order valence-corrected chi connectivity index (χ2v) is 13.9. The molecule has 3 N–H and O–H groups in total. The van der Waals surface area contributed by atoms with E-state index < -0.39 is 5.97 Å². The average Bonchev–Trinajstić information content (AvgIpc) is 3.17. The molecule has 1 rings (SSSR count). The van der Waals surface area contributed by atoms with E-state index in [9.17, 15) is 24.0 Å². The van der Waals surface area contributed by atoms with E-state index in [4.69, 9.17) is 24.1 Å². The Bertz CT molecular complexity index is 963. The van der Waals surface area contributed by atoms with E-state index in [1.165, 1.54) is 77.6 Å². The van der Waals surface area contributed by atoms with Crippen molar-refractivity contribution in [2.45, 2.75) is 136 Å². The number of carbonyl (C=O) groups excluding carboxylic acids is 4. The molecule has 0 saturated carbocycles. The molecule has 0 aromatic carbocycles. The first-order valence-corrected chi connectivity index (χ1v) is 21.3. The van der Waals surface area contributed by atoms with Crippen LogP contribution in [-0.2, 0) is 42.9 Å². The largest absolute Gasteiger partial charge is 0.481 e. The van der Waals surface area contributed by atoms with Crippen molar-refractivity contribution in [1.29, 1.82) is 0 Å². The Hall–Kier alpha value is -2.65. The van der Waals surface area contributed by atoms with Crippen LogP contribution in [0.2, 0.25) is 0 Å². The summed E-state index contributed by atoms with van der Waals surface area (Å²) in [5.41, 5.74) is 0. The average molecular weight is 787 g/mol. The molecule has 1 heterocycles. The number of rotatable bonds is 37. The van der Waals surface area contributed by atoms with Gasteiger partial charge >= 0.3 is 5.97 Å². The predicted octanol–water partition coefficient (Wildman–Crippen LogP) is 5.15. The molecule has 14 heteroatoms. The van der Waals surface area contributed by atoms with Gasteiger partial charge in [0.25, 0.3) is 0 Å². The quantitative estimate of drug-likeness (QED) is 0.0712. The number of amides is 3. The van der Waals surface area contributed by atoms with Crippen LogP contribution in [0.15, 0.2) is 0 Å². The molecule has 55 heavy (non-hydrogen) atoms. The summed E-state index contributed by atoms with van der Waals surface area (Å²) >= 11 is 0. The van der Waals surface area contributed by atoms with E-state index >= 15 is 0 Å². The SMILES string of the molecule is CC.CC(=O)COCCOCCNC(=O)COCCOCCNC(=O)CN1CCN(C(=O)CCCCCCCCCCCCCCCCCCC(=O)O)CC1. The number of piperazine rings is 1. The lowest BCUT2D eigenvalue weighted by molar-refractivity contribution is -0.137. The summed E-state index contributed by atoms with van der Waals surface area (Å²) < 4.78 is 21.1. The van der Waals surface area contributed by atoms with E-state index in [0.29, 0.717) is 91.7 Å². The van der Waals surface area contributed by atoms with Crippen LogP contribution in [0.25, 0.3) is 0 Å². The molecule has 0 bridgehead atoms. The van der Waals surface area contributed by atoms with Gasteiger partial charge in [0.2, 0.25) is 17.7 Å². The summed E-state index contributed by atoms with van der Waals surface area (Å²) in [6, 6.07) is 0. The summed E-state index contributed by atoms with van der Waals surface area (Å²) in [6.45, 7) is 11.2. The van der Waals surface area contributed by atoms with Gasteiger partial charge in [-0.3, -0.25) is 28.9 Å². The zero-order valence-corrected chi connectivity index (χ0v) is 34.9. The first kappa shape index (κ1) is 52.3. The molecule has 1 aliphatic heterocycles. The predicted molar refractivity (Wildman–Crippen MR) is 215 cm³/mol. The van der Waals surface area contributed by atoms with E-state index in [0.717, 1.165) is 32.1 Å². The van der Waals surface area contributed by atoms with Crippen molar-refractivity contribution >= 4 is 29.5 Å². The van der Waals surface area contributed by atoms with Crippen molar-refractivity contribution in [3.63, 3.8) is 0 Å². The zero-order valence-electron chi connectivity index (χ0n) is 34.9. The summed E-state index contributed by atoms with van der Waals surface area (Å²) in [5, 5.41) is 14.2. The third-order valence-corrected chi connectivity index (χ3v) is 9.04. The van der Waals surface area contributed by atoms with Crippen LogP contribution in [0, 0.1) is 0 Å². The van der Waals surface area contributed by atoms with Crippen molar-refractivity contribution < 1.29 is 48.0 Å². The fourth-order valence-corrected chi connectivity index (χ4v) is 6.00. The number of carboxylic acids is 1.